The molecule has 4 nitrogen and oxygen atoms in total. The summed E-state index contributed by atoms with van der Waals surface area (Å²) in [6.45, 7) is 2.76. The number of halogens is 2. The lowest BCUT2D eigenvalue weighted by molar-refractivity contribution is 0.415. The molecule has 0 radical (unpaired) electrons. The normalized spacial score (nSPS) is 10.4. The molecule has 0 aliphatic rings. The van der Waals surface area contributed by atoms with Gasteiger partial charge < -0.3 is 10.1 Å². The first kappa shape index (κ1) is 14.5. The van der Waals surface area contributed by atoms with Crippen LogP contribution in [0.1, 0.15) is 13.3 Å². The Bertz CT molecular complexity index is 607. The van der Waals surface area contributed by atoms with Gasteiger partial charge in [0.05, 0.1) is 18.3 Å². The Kier molecular flexibility index (Phi) is 4.74. The number of nitrogens with zero attached hydrogens (tertiary/aromatic N) is 2. The van der Waals surface area contributed by atoms with E-state index >= 15 is 0 Å². The summed E-state index contributed by atoms with van der Waals surface area (Å²) in [4.78, 5) is 8.10. The number of rotatable bonds is 5. The van der Waals surface area contributed by atoms with E-state index in [-0.39, 0.29) is 5.69 Å². The average Bonchev–Trinajstić information content (AvgIpc) is 2.47. The van der Waals surface area contributed by atoms with Crippen molar-refractivity contribution in [2.45, 2.75) is 13.3 Å². The van der Waals surface area contributed by atoms with E-state index < -0.39 is 5.82 Å². The van der Waals surface area contributed by atoms with E-state index in [9.17, 15) is 4.39 Å². The van der Waals surface area contributed by atoms with Gasteiger partial charge in [-0.15, -0.1) is 0 Å². The SMILES string of the molecule is CCCNc1ncc(F)c(-c2ccc(Cl)c(OC)c2)n1. The quantitative estimate of drug-likeness (QED) is 0.912. The van der Waals surface area contributed by atoms with Crippen LogP contribution in [0.15, 0.2) is 24.4 Å². The van der Waals surface area contributed by atoms with Crippen LogP contribution in [-0.4, -0.2) is 23.6 Å². The monoisotopic (exact) mass is 295 g/mol. The van der Waals surface area contributed by atoms with E-state index in [4.69, 9.17) is 16.3 Å². The van der Waals surface area contributed by atoms with Gasteiger partial charge in [-0.2, -0.15) is 0 Å². The highest BCUT2D eigenvalue weighted by atomic mass is 35.5. The maximum Gasteiger partial charge on any atom is 0.223 e. The number of benzene rings is 1. The van der Waals surface area contributed by atoms with Gasteiger partial charge in [0.2, 0.25) is 5.95 Å². The Morgan fingerprint density at radius 2 is 2.20 bits per heavy atom. The third kappa shape index (κ3) is 3.17. The second-order valence-corrected chi connectivity index (χ2v) is 4.57. The van der Waals surface area contributed by atoms with E-state index in [1.54, 1.807) is 18.2 Å². The topological polar surface area (TPSA) is 47.0 Å². The molecule has 0 aliphatic carbocycles. The van der Waals surface area contributed by atoms with Crippen molar-refractivity contribution in [1.82, 2.24) is 9.97 Å². The number of hydrogen-bond acceptors (Lipinski definition) is 4. The van der Waals surface area contributed by atoms with Gasteiger partial charge in [0, 0.05) is 12.1 Å². The van der Waals surface area contributed by atoms with Crippen LogP contribution in [0.25, 0.3) is 11.3 Å². The molecule has 1 heterocycles. The first-order chi connectivity index (χ1) is 9.65. The maximum absolute atomic E-state index is 13.9. The van der Waals surface area contributed by atoms with Crippen LogP contribution in [0.2, 0.25) is 5.02 Å². The van der Waals surface area contributed by atoms with E-state index in [0.717, 1.165) is 19.2 Å². The highest BCUT2D eigenvalue weighted by molar-refractivity contribution is 6.32. The van der Waals surface area contributed by atoms with Crippen LogP contribution >= 0.6 is 11.6 Å². The van der Waals surface area contributed by atoms with Gasteiger partial charge in [0.25, 0.3) is 0 Å². The fourth-order valence-corrected chi connectivity index (χ4v) is 1.89. The number of aromatic nitrogens is 2. The van der Waals surface area contributed by atoms with Gasteiger partial charge >= 0.3 is 0 Å². The molecule has 1 N–H and O–H groups in total. The van der Waals surface area contributed by atoms with Gasteiger partial charge in [-0.1, -0.05) is 24.6 Å². The Hall–Kier alpha value is -1.88. The maximum atomic E-state index is 13.9. The van der Waals surface area contributed by atoms with E-state index in [1.807, 2.05) is 6.92 Å². The van der Waals surface area contributed by atoms with Crippen LogP contribution in [0, 0.1) is 5.82 Å². The van der Waals surface area contributed by atoms with Gasteiger partial charge in [-0.05, 0) is 18.6 Å². The molecule has 6 heteroatoms. The fraction of sp³-hybridized carbons (Fsp3) is 0.286. The predicted molar refractivity (Wildman–Crippen MR) is 77.8 cm³/mol. The molecule has 0 amide bonds. The first-order valence-corrected chi connectivity index (χ1v) is 6.63. The zero-order chi connectivity index (χ0) is 14.5. The minimum atomic E-state index is -0.489. The van der Waals surface area contributed by atoms with Crippen LogP contribution < -0.4 is 10.1 Å². The highest BCUT2D eigenvalue weighted by Crippen LogP contribution is 2.30. The summed E-state index contributed by atoms with van der Waals surface area (Å²) in [5.41, 5.74) is 0.805. The molecule has 0 saturated heterocycles. The molecule has 0 fully saturated rings. The average molecular weight is 296 g/mol. The van der Waals surface area contributed by atoms with Crippen molar-refractivity contribution in [1.29, 1.82) is 0 Å². The molecule has 2 aromatic rings. The molecular weight excluding hydrogens is 281 g/mol. The summed E-state index contributed by atoms with van der Waals surface area (Å²) in [5, 5.41) is 3.49. The Morgan fingerprint density at radius 1 is 1.40 bits per heavy atom. The molecular formula is C14H15ClFN3O. The molecule has 1 aromatic carbocycles. The molecule has 106 valence electrons. The standard InChI is InChI=1S/C14H15ClFN3O/c1-3-6-17-14-18-8-11(16)13(19-14)9-4-5-10(15)12(7-9)20-2/h4-5,7-8H,3,6H2,1-2H3,(H,17,18,19). The number of nitrogens with one attached hydrogen (secondary N) is 1. The van der Waals surface area contributed by atoms with Crippen LogP contribution in [0.5, 0.6) is 5.75 Å². The van der Waals surface area contributed by atoms with Crippen LogP contribution in [0.3, 0.4) is 0 Å². The molecule has 0 bridgehead atoms. The van der Waals surface area contributed by atoms with Crippen molar-refractivity contribution in [3.8, 4) is 17.0 Å². The Balaban J connectivity index is 2.40. The minimum absolute atomic E-state index is 0.216. The molecule has 0 unspecified atom stereocenters. The van der Waals surface area contributed by atoms with Gasteiger partial charge in [0.15, 0.2) is 5.82 Å². The molecule has 0 aliphatic heterocycles. The number of methoxy groups -OCH3 is 1. The predicted octanol–water partition coefficient (Wildman–Crippen LogP) is 3.77. The Labute approximate surface area is 122 Å². The van der Waals surface area contributed by atoms with Crippen molar-refractivity contribution in [3.63, 3.8) is 0 Å². The zero-order valence-electron chi connectivity index (χ0n) is 11.3. The van der Waals surface area contributed by atoms with Crippen molar-refractivity contribution in [3.05, 3.63) is 35.2 Å². The molecule has 0 atom stereocenters. The van der Waals surface area contributed by atoms with Gasteiger partial charge in [-0.3, -0.25) is 0 Å². The second kappa shape index (κ2) is 6.52. The third-order valence-corrected chi connectivity index (χ3v) is 3.01. The third-order valence-electron chi connectivity index (χ3n) is 2.70. The number of ether oxygens (including phenoxy) is 1. The number of anilines is 1. The Morgan fingerprint density at radius 3 is 2.90 bits per heavy atom. The summed E-state index contributed by atoms with van der Waals surface area (Å²) in [5.74, 6) is 0.388. The first-order valence-electron chi connectivity index (χ1n) is 6.26. The lowest BCUT2D eigenvalue weighted by Gasteiger charge is -2.09. The van der Waals surface area contributed by atoms with E-state index in [2.05, 4.69) is 15.3 Å². The van der Waals surface area contributed by atoms with Crippen molar-refractivity contribution in [2.24, 2.45) is 0 Å². The molecule has 2 rings (SSSR count). The summed E-state index contributed by atoms with van der Waals surface area (Å²) < 4.78 is 19.0. The summed E-state index contributed by atoms with van der Waals surface area (Å²) >= 11 is 5.96. The van der Waals surface area contributed by atoms with E-state index in [1.165, 1.54) is 7.11 Å². The van der Waals surface area contributed by atoms with Gasteiger partial charge in [-0.25, -0.2) is 14.4 Å². The van der Waals surface area contributed by atoms with Crippen molar-refractivity contribution < 1.29 is 9.13 Å². The summed E-state index contributed by atoms with van der Waals surface area (Å²) in [6, 6.07) is 4.99. The summed E-state index contributed by atoms with van der Waals surface area (Å²) in [7, 11) is 1.51. The largest absolute Gasteiger partial charge is 0.495 e. The zero-order valence-corrected chi connectivity index (χ0v) is 12.0. The van der Waals surface area contributed by atoms with Gasteiger partial charge in [0.1, 0.15) is 11.4 Å². The lowest BCUT2D eigenvalue weighted by Crippen LogP contribution is -2.05. The minimum Gasteiger partial charge on any atom is -0.495 e. The van der Waals surface area contributed by atoms with Crippen molar-refractivity contribution >= 4 is 17.5 Å². The van der Waals surface area contributed by atoms with E-state index in [0.29, 0.717) is 22.3 Å². The van der Waals surface area contributed by atoms with Crippen LogP contribution in [-0.2, 0) is 0 Å². The molecule has 1 aromatic heterocycles. The smallest absolute Gasteiger partial charge is 0.223 e. The molecule has 0 saturated carbocycles. The van der Waals surface area contributed by atoms with Crippen molar-refractivity contribution in [2.75, 3.05) is 19.0 Å². The van der Waals surface area contributed by atoms with Crippen LogP contribution in [0.4, 0.5) is 10.3 Å². The summed E-state index contributed by atoms with van der Waals surface area (Å²) in [6.07, 6.45) is 2.09. The molecule has 20 heavy (non-hydrogen) atoms. The lowest BCUT2D eigenvalue weighted by atomic mass is 10.1. The number of hydrogen-bond donors (Lipinski definition) is 1. The fourth-order valence-electron chi connectivity index (χ4n) is 1.70. The highest BCUT2D eigenvalue weighted by Gasteiger charge is 2.11. The molecule has 0 spiro atoms. The second-order valence-electron chi connectivity index (χ2n) is 4.17.